The number of hydrogen-bond donors (Lipinski definition) is 1. The van der Waals surface area contributed by atoms with E-state index in [4.69, 9.17) is 14.0 Å². The molecule has 1 atom stereocenters. The Morgan fingerprint density at radius 2 is 1.74 bits per heavy atom. The summed E-state index contributed by atoms with van der Waals surface area (Å²) < 4.78 is 17.1. The molecule has 1 unspecified atom stereocenters. The molecule has 3 aliphatic rings. The number of carbonyl (C=O) groups is 1. The summed E-state index contributed by atoms with van der Waals surface area (Å²) >= 11 is 0. The van der Waals surface area contributed by atoms with Gasteiger partial charge in [-0.15, -0.1) is 0 Å². The molecule has 200 valence electrons. The number of carbonyl (C=O) groups excluding carboxylic acids is 1. The molecule has 3 aromatic carbocycles. The number of benzene rings is 3. The standard InChI is InChI=1S/C31H32N4O4/c1-19-16-24(30-32-20(2)39-34-30)8-10-26(19)21-4-6-23(7-5-21)31(36)33-25-9-11-27(37-3)28(17-25)38-29-18-35-14-12-22(29)13-15-35/h4-11,16-17,22,29H,12-15,18H2,1-3H3,(H,33,36). The Morgan fingerprint density at radius 3 is 2.38 bits per heavy atom. The SMILES string of the molecule is COc1ccc(NC(=O)c2ccc(-c3ccc(-c4noc(C)n4)cc3C)cc2)cc1OC1CN2CCC1CC2. The van der Waals surface area contributed by atoms with E-state index in [2.05, 4.69) is 20.4 Å². The fraction of sp³-hybridized carbons (Fsp3) is 0.323. The van der Waals surface area contributed by atoms with Gasteiger partial charge in [0.1, 0.15) is 6.10 Å². The van der Waals surface area contributed by atoms with E-state index in [1.54, 1.807) is 14.0 Å². The molecule has 0 radical (unpaired) electrons. The molecular weight excluding hydrogens is 492 g/mol. The maximum atomic E-state index is 13.1. The number of amides is 1. The van der Waals surface area contributed by atoms with E-state index in [1.165, 1.54) is 12.8 Å². The Morgan fingerprint density at radius 1 is 0.974 bits per heavy atom. The quantitative estimate of drug-likeness (QED) is 0.329. The zero-order valence-electron chi connectivity index (χ0n) is 22.4. The fourth-order valence-corrected chi connectivity index (χ4v) is 5.60. The highest BCUT2D eigenvalue weighted by atomic mass is 16.5. The van der Waals surface area contributed by atoms with E-state index in [9.17, 15) is 4.79 Å². The van der Waals surface area contributed by atoms with Crippen LogP contribution in [0.3, 0.4) is 0 Å². The molecule has 0 spiro atoms. The number of nitrogens with zero attached hydrogens (tertiary/aromatic N) is 3. The molecule has 1 N–H and O–H groups in total. The Bertz CT molecular complexity index is 1490. The van der Waals surface area contributed by atoms with Gasteiger partial charge in [-0.3, -0.25) is 9.69 Å². The van der Waals surface area contributed by atoms with Gasteiger partial charge in [-0.05, 0) is 85.8 Å². The third kappa shape index (κ3) is 5.25. The van der Waals surface area contributed by atoms with E-state index in [1.807, 2.05) is 67.6 Å². The Balaban J connectivity index is 1.15. The van der Waals surface area contributed by atoms with Crippen LogP contribution in [0.25, 0.3) is 22.5 Å². The monoisotopic (exact) mass is 524 g/mol. The van der Waals surface area contributed by atoms with Gasteiger partial charge in [0, 0.05) is 36.3 Å². The summed E-state index contributed by atoms with van der Waals surface area (Å²) in [5, 5.41) is 7.01. The van der Waals surface area contributed by atoms with Crippen LogP contribution in [0.5, 0.6) is 11.5 Å². The number of hydrogen-bond acceptors (Lipinski definition) is 7. The number of aryl methyl sites for hydroxylation is 2. The molecule has 3 fully saturated rings. The molecular formula is C31H32N4O4. The highest BCUT2D eigenvalue weighted by molar-refractivity contribution is 6.04. The average molecular weight is 525 g/mol. The number of rotatable bonds is 7. The molecule has 2 bridgehead atoms. The van der Waals surface area contributed by atoms with Crippen LogP contribution in [0.15, 0.2) is 65.2 Å². The predicted molar refractivity (Wildman–Crippen MR) is 149 cm³/mol. The van der Waals surface area contributed by atoms with Gasteiger partial charge in [0.05, 0.1) is 7.11 Å². The van der Waals surface area contributed by atoms with Gasteiger partial charge in [-0.1, -0.05) is 29.4 Å². The minimum Gasteiger partial charge on any atom is -0.493 e. The van der Waals surface area contributed by atoms with Gasteiger partial charge in [0.2, 0.25) is 11.7 Å². The maximum absolute atomic E-state index is 13.1. The van der Waals surface area contributed by atoms with Gasteiger partial charge in [0.15, 0.2) is 11.5 Å². The van der Waals surface area contributed by atoms with Crippen LogP contribution in [0.1, 0.15) is 34.7 Å². The second-order valence-electron chi connectivity index (χ2n) is 10.4. The molecule has 3 saturated heterocycles. The lowest BCUT2D eigenvalue weighted by Crippen LogP contribution is -2.52. The third-order valence-electron chi connectivity index (χ3n) is 7.77. The highest BCUT2D eigenvalue weighted by Crippen LogP contribution is 2.36. The number of methoxy groups -OCH3 is 1. The third-order valence-corrected chi connectivity index (χ3v) is 7.77. The Hall–Kier alpha value is -4.17. The van der Waals surface area contributed by atoms with Crippen molar-refractivity contribution in [2.24, 2.45) is 5.92 Å². The molecule has 7 rings (SSSR count). The minimum atomic E-state index is -0.181. The molecule has 0 aliphatic carbocycles. The second-order valence-corrected chi connectivity index (χ2v) is 10.4. The van der Waals surface area contributed by atoms with Gasteiger partial charge >= 0.3 is 0 Å². The van der Waals surface area contributed by atoms with Gasteiger partial charge in [-0.2, -0.15) is 4.98 Å². The number of piperidine rings is 3. The van der Waals surface area contributed by atoms with Crippen LogP contribution in [-0.4, -0.2) is 53.8 Å². The van der Waals surface area contributed by atoms with Crippen molar-refractivity contribution >= 4 is 11.6 Å². The molecule has 4 aromatic rings. The van der Waals surface area contributed by atoms with Crippen molar-refractivity contribution in [1.82, 2.24) is 15.0 Å². The summed E-state index contributed by atoms with van der Waals surface area (Å²) in [6, 6.07) is 19.2. The van der Waals surface area contributed by atoms with Crippen molar-refractivity contribution < 1.29 is 18.8 Å². The first kappa shape index (κ1) is 25.1. The first-order chi connectivity index (χ1) is 19.0. The molecule has 39 heavy (non-hydrogen) atoms. The van der Waals surface area contributed by atoms with Crippen molar-refractivity contribution in [3.63, 3.8) is 0 Å². The summed E-state index contributed by atoms with van der Waals surface area (Å²) in [5.41, 5.74) is 5.34. The summed E-state index contributed by atoms with van der Waals surface area (Å²) in [7, 11) is 1.64. The zero-order chi connectivity index (χ0) is 26.9. The van der Waals surface area contributed by atoms with Crippen LogP contribution in [0.2, 0.25) is 0 Å². The van der Waals surface area contributed by atoms with E-state index in [0.29, 0.717) is 40.4 Å². The van der Waals surface area contributed by atoms with Crippen molar-refractivity contribution in [1.29, 1.82) is 0 Å². The van der Waals surface area contributed by atoms with Gasteiger partial charge in [-0.25, -0.2) is 0 Å². The van der Waals surface area contributed by atoms with Crippen molar-refractivity contribution in [3.8, 4) is 34.0 Å². The first-order valence-corrected chi connectivity index (χ1v) is 13.4. The number of fused-ring (bicyclic) bond motifs is 3. The average Bonchev–Trinajstić information content (AvgIpc) is 3.40. The van der Waals surface area contributed by atoms with Crippen LogP contribution < -0.4 is 14.8 Å². The molecule has 8 heteroatoms. The molecule has 1 amide bonds. The second kappa shape index (κ2) is 10.5. The molecule has 3 aliphatic heterocycles. The Labute approximate surface area is 227 Å². The minimum absolute atomic E-state index is 0.147. The van der Waals surface area contributed by atoms with Crippen molar-refractivity contribution in [2.45, 2.75) is 32.8 Å². The van der Waals surface area contributed by atoms with Crippen molar-refractivity contribution in [3.05, 3.63) is 77.7 Å². The summed E-state index contributed by atoms with van der Waals surface area (Å²) in [6.45, 7) is 7.07. The lowest BCUT2D eigenvalue weighted by molar-refractivity contribution is -0.00880. The summed E-state index contributed by atoms with van der Waals surface area (Å²) in [6.07, 6.45) is 2.48. The highest BCUT2D eigenvalue weighted by Gasteiger charge is 2.36. The van der Waals surface area contributed by atoms with Crippen LogP contribution >= 0.6 is 0 Å². The number of anilines is 1. The Kier molecular flexibility index (Phi) is 6.79. The molecule has 4 heterocycles. The van der Waals surface area contributed by atoms with E-state index in [-0.39, 0.29) is 12.0 Å². The zero-order valence-corrected chi connectivity index (χ0v) is 22.4. The van der Waals surface area contributed by atoms with E-state index < -0.39 is 0 Å². The first-order valence-electron chi connectivity index (χ1n) is 13.4. The number of ether oxygens (including phenoxy) is 2. The smallest absolute Gasteiger partial charge is 0.255 e. The molecule has 1 aromatic heterocycles. The fourth-order valence-electron chi connectivity index (χ4n) is 5.60. The topological polar surface area (TPSA) is 89.7 Å². The van der Waals surface area contributed by atoms with E-state index in [0.717, 1.165) is 41.9 Å². The summed E-state index contributed by atoms with van der Waals surface area (Å²) in [5.74, 6) is 2.83. The normalized spacial score (nSPS) is 20.0. The predicted octanol–water partition coefficient (Wildman–Crippen LogP) is 5.75. The largest absolute Gasteiger partial charge is 0.493 e. The molecule has 0 saturated carbocycles. The van der Waals surface area contributed by atoms with Gasteiger partial charge < -0.3 is 19.3 Å². The molecule has 8 nitrogen and oxygen atoms in total. The number of nitrogens with one attached hydrogen (secondary N) is 1. The van der Waals surface area contributed by atoms with Crippen LogP contribution in [-0.2, 0) is 0 Å². The lowest BCUT2D eigenvalue weighted by Gasteiger charge is -2.44. The van der Waals surface area contributed by atoms with Gasteiger partial charge in [0.25, 0.3) is 5.91 Å². The van der Waals surface area contributed by atoms with Crippen molar-refractivity contribution in [2.75, 3.05) is 32.1 Å². The van der Waals surface area contributed by atoms with Crippen LogP contribution in [0.4, 0.5) is 5.69 Å². The summed E-state index contributed by atoms with van der Waals surface area (Å²) in [4.78, 5) is 19.8. The van der Waals surface area contributed by atoms with E-state index >= 15 is 0 Å². The lowest BCUT2D eigenvalue weighted by atomic mass is 9.86. The number of aromatic nitrogens is 2. The maximum Gasteiger partial charge on any atom is 0.255 e. The van der Waals surface area contributed by atoms with Crippen LogP contribution in [0, 0.1) is 19.8 Å².